The van der Waals surface area contributed by atoms with Gasteiger partial charge in [0.05, 0.1) is 12.2 Å². The number of hydrogen-bond donors (Lipinski definition) is 3. The zero-order chi connectivity index (χ0) is 27.4. The molecule has 5 aliphatic rings. The number of fused-ring (bicyclic) bond motifs is 5. The first-order valence-corrected chi connectivity index (χ1v) is 16.0. The molecule has 4 fully saturated rings. The van der Waals surface area contributed by atoms with Crippen molar-refractivity contribution in [2.45, 2.75) is 149 Å². The maximum Gasteiger partial charge on any atom is 0.186 e. The summed E-state index contributed by atoms with van der Waals surface area (Å²) in [5.41, 5.74) is 2.31. The average molecular weight is 533 g/mol. The van der Waals surface area contributed by atoms with E-state index in [1.54, 1.807) is 12.5 Å². The molecule has 218 valence electrons. The van der Waals surface area contributed by atoms with E-state index in [9.17, 15) is 15.3 Å². The third kappa shape index (κ3) is 5.06. The molecule has 1 saturated heterocycles. The largest absolute Gasteiger partial charge is 0.388 e. The lowest BCUT2D eigenvalue weighted by Crippen LogP contribution is -2.58. The second kappa shape index (κ2) is 11.1. The maximum atomic E-state index is 10.5. The van der Waals surface area contributed by atoms with E-state index in [0.29, 0.717) is 5.41 Å². The molecule has 4 aliphatic carbocycles. The highest BCUT2D eigenvalue weighted by atomic mass is 16.7. The molecule has 1 heterocycles. The lowest BCUT2D eigenvalue weighted by atomic mass is 9.47. The molecule has 38 heavy (non-hydrogen) atoms. The smallest absolute Gasteiger partial charge is 0.186 e. The van der Waals surface area contributed by atoms with Crippen LogP contribution < -0.4 is 0 Å². The van der Waals surface area contributed by atoms with Gasteiger partial charge < -0.3 is 24.8 Å². The summed E-state index contributed by atoms with van der Waals surface area (Å²) in [7, 11) is 0. The summed E-state index contributed by atoms with van der Waals surface area (Å²) in [4.78, 5) is 0. The molecule has 0 aromatic rings. The minimum atomic E-state index is -1.24. The van der Waals surface area contributed by atoms with Crippen LogP contribution in [0.5, 0.6) is 0 Å². The lowest BCUT2D eigenvalue weighted by Gasteiger charge is -2.58. The standard InChI is InChI=1S/C33H56O5/c1-19(2)8-7-9-20(3)25-12-13-26-24-11-10-22-18-23(38-31-30(36)29(35)28(34)21(4)37-31)14-16-32(22,5)27(24)15-17-33(25,26)6/h10,19-21,23-31,34-36H,7-9,11-18H2,1-6H3/t20-,21+,23?,24?,25-,26?,27?,28+,29+,30-,31+,32+,33-/m1/s1. The first kappa shape index (κ1) is 29.0. The molecule has 1 aliphatic heterocycles. The number of hydrogen-bond acceptors (Lipinski definition) is 5. The van der Waals surface area contributed by atoms with Gasteiger partial charge in [-0.05, 0) is 105 Å². The molecule has 0 radical (unpaired) electrons. The summed E-state index contributed by atoms with van der Waals surface area (Å²) in [6.45, 7) is 14.2. The molecule has 3 N–H and O–H groups in total. The maximum absolute atomic E-state index is 10.5. The summed E-state index contributed by atoms with van der Waals surface area (Å²) < 4.78 is 12.0. The highest BCUT2D eigenvalue weighted by molar-refractivity contribution is 5.25. The monoisotopic (exact) mass is 532 g/mol. The molecule has 0 amide bonds. The number of ether oxygens (including phenoxy) is 2. The highest BCUT2D eigenvalue weighted by Crippen LogP contribution is 2.67. The Morgan fingerprint density at radius 1 is 0.947 bits per heavy atom. The van der Waals surface area contributed by atoms with Crippen molar-refractivity contribution >= 4 is 0 Å². The van der Waals surface area contributed by atoms with Gasteiger partial charge in [0.15, 0.2) is 6.29 Å². The fourth-order valence-electron chi connectivity index (χ4n) is 10.1. The number of rotatable bonds is 7. The van der Waals surface area contributed by atoms with Crippen LogP contribution in [-0.4, -0.2) is 52.1 Å². The van der Waals surface area contributed by atoms with Gasteiger partial charge in [-0.2, -0.15) is 0 Å². The zero-order valence-electron chi connectivity index (χ0n) is 24.9. The first-order chi connectivity index (χ1) is 18.0. The van der Waals surface area contributed by atoms with Gasteiger partial charge in [-0.3, -0.25) is 0 Å². The lowest BCUT2D eigenvalue weighted by molar-refractivity contribution is -0.305. The van der Waals surface area contributed by atoms with Crippen LogP contribution in [0, 0.1) is 46.3 Å². The summed E-state index contributed by atoms with van der Waals surface area (Å²) in [6, 6.07) is 0. The van der Waals surface area contributed by atoms with Crippen LogP contribution in [0.1, 0.15) is 112 Å². The van der Waals surface area contributed by atoms with Crippen molar-refractivity contribution in [1.82, 2.24) is 0 Å². The van der Waals surface area contributed by atoms with Gasteiger partial charge in [0, 0.05) is 0 Å². The third-order valence-electron chi connectivity index (χ3n) is 12.4. The normalized spacial score (nSPS) is 49.7. The molecule has 0 bridgehead atoms. The van der Waals surface area contributed by atoms with Gasteiger partial charge in [0.25, 0.3) is 0 Å². The second-order valence-corrected chi connectivity index (χ2v) is 15.0. The van der Waals surface area contributed by atoms with Crippen molar-refractivity contribution in [1.29, 1.82) is 0 Å². The van der Waals surface area contributed by atoms with Gasteiger partial charge in [-0.1, -0.05) is 65.5 Å². The van der Waals surface area contributed by atoms with Gasteiger partial charge in [0.2, 0.25) is 0 Å². The summed E-state index contributed by atoms with van der Waals surface area (Å²) in [6.07, 6.45) is 11.5. The Hall–Kier alpha value is -0.460. The Kier molecular flexibility index (Phi) is 8.47. The average Bonchev–Trinajstić information content (AvgIpc) is 3.23. The topological polar surface area (TPSA) is 79.2 Å². The van der Waals surface area contributed by atoms with Crippen molar-refractivity contribution < 1.29 is 24.8 Å². The molecule has 4 unspecified atom stereocenters. The van der Waals surface area contributed by atoms with Gasteiger partial charge in [-0.15, -0.1) is 0 Å². The van der Waals surface area contributed by atoms with Crippen molar-refractivity contribution in [3.63, 3.8) is 0 Å². The van der Waals surface area contributed by atoms with Crippen LogP contribution in [-0.2, 0) is 9.47 Å². The summed E-state index contributed by atoms with van der Waals surface area (Å²) in [5, 5.41) is 30.7. The minimum Gasteiger partial charge on any atom is -0.388 e. The zero-order valence-corrected chi connectivity index (χ0v) is 24.9. The van der Waals surface area contributed by atoms with Gasteiger partial charge >= 0.3 is 0 Å². The number of aliphatic hydroxyl groups excluding tert-OH is 3. The molecule has 5 rings (SSSR count). The first-order valence-electron chi connectivity index (χ1n) is 16.0. The summed E-state index contributed by atoms with van der Waals surface area (Å²) in [5.74, 6) is 5.00. The molecule has 0 spiro atoms. The fraction of sp³-hybridized carbons (Fsp3) is 0.939. The van der Waals surface area contributed by atoms with E-state index < -0.39 is 30.7 Å². The summed E-state index contributed by atoms with van der Waals surface area (Å²) >= 11 is 0. The quantitative estimate of drug-likeness (QED) is 0.338. The molecule has 3 saturated carbocycles. The van der Waals surface area contributed by atoms with Crippen LogP contribution in [0.15, 0.2) is 11.6 Å². The van der Waals surface area contributed by atoms with E-state index in [0.717, 1.165) is 54.8 Å². The van der Waals surface area contributed by atoms with Crippen molar-refractivity contribution in [2.24, 2.45) is 46.3 Å². The molecular formula is C33H56O5. The molecule has 13 atom stereocenters. The Morgan fingerprint density at radius 2 is 1.71 bits per heavy atom. The van der Waals surface area contributed by atoms with E-state index in [2.05, 4.69) is 40.7 Å². The predicted octanol–water partition coefficient (Wildman–Crippen LogP) is 6.24. The van der Waals surface area contributed by atoms with Crippen LogP contribution in [0.3, 0.4) is 0 Å². The van der Waals surface area contributed by atoms with E-state index >= 15 is 0 Å². The van der Waals surface area contributed by atoms with E-state index in [-0.39, 0.29) is 11.5 Å². The third-order valence-corrected chi connectivity index (χ3v) is 12.4. The molecule has 0 aromatic heterocycles. The van der Waals surface area contributed by atoms with Crippen LogP contribution in [0.2, 0.25) is 0 Å². The van der Waals surface area contributed by atoms with E-state index in [1.807, 2.05) is 0 Å². The molecule has 5 nitrogen and oxygen atoms in total. The predicted molar refractivity (Wildman–Crippen MR) is 150 cm³/mol. The minimum absolute atomic E-state index is 0.0171. The Bertz CT molecular complexity index is 856. The van der Waals surface area contributed by atoms with Gasteiger partial charge in [0.1, 0.15) is 18.3 Å². The van der Waals surface area contributed by atoms with E-state index in [1.165, 1.54) is 51.4 Å². The van der Waals surface area contributed by atoms with Crippen LogP contribution >= 0.6 is 0 Å². The Labute approximate surface area is 231 Å². The molecule has 5 heteroatoms. The Morgan fingerprint density at radius 3 is 2.45 bits per heavy atom. The SMILES string of the molecule is CC(C)CCC[C@@H](C)[C@H]1CCC2C3CC=C4CC(O[C@@H]5O[C@@H](C)[C@H](O)[C@H](O)[C@H]5O)CC[C@]4(C)C3CC[C@@]21C. The Balaban J connectivity index is 1.24. The molecular weight excluding hydrogens is 476 g/mol. The van der Waals surface area contributed by atoms with Crippen molar-refractivity contribution in [3.8, 4) is 0 Å². The van der Waals surface area contributed by atoms with Crippen LogP contribution in [0.4, 0.5) is 0 Å². The van der Waals surface area contributed by atoms with Crippen molar-refractivity contribution in [2.75, 3.05) is 0 Å². The van der Waals surface area contributed by atoms with E-state index in [4.69, 9.17) is 9.47 Å². The highest BCUT2D eigenvalue weighted by Gasteiger charge is 2.59. The van der Waals surface area contributed by atoms with Gasteiger partial charge in [-0.25, -0.2) is 0 Å². The second-order valence-electron chi connectivity index (χ2n) is 15.0. The van der Waals surface area contributed by atoms with Crippen molar-refractivity contribution in [3.05, 3.63) is 11.6 Å². The fourth-order valence-corrected chi connectivity index (χ4v) is 10.1. The number of aliphatic hydroxyl groups is 3. The molecule has 0 aromatic carbocycles. The van der Waals surface area contributed by atoms with Crippen LogP contribution in [0.25, 0.3) is 0 Å². The number of allylic oxidation sites excluding steroid dienone is 1.